The van der Waals surface area contributed by atoms with Crippen molar-refractivity contribution in [2.24, 2.45) is 5.92 Å². The van der Waals surface area contributed by atoms with E-state index in [0.29, 0.717) is 17.8 Å². The second kappa shape index (κ2) is 10.3. The molecular formula is C22H27N3O3. The second-order valence-corrected chi connectivity index (χ2v) is 6.88. The van der Waals surface area contributed by atoms with Gasteiger partial charge in [-0.15, -0.1) is 0 Å². The van der Waals surface area contributed by atoms with Crippen molar-refractivity contribution in [1.82, 2.24) is 10.6 Å². The lowest BCUT2D eigenvalue weighted by Crippen LogP contribution is -2.47. The van der Waals surface area contributed by atoms with Crippen molar-refractivity contribution in [3.63, 3.8) is 0 Å². The fourth-order valence-corrected chi connectivity index (χ4v) is 2.76. The molecule has 3 N–H and O–H groups in total. The maximum absolute atomic E-state index is 12.7. The van der Waals surface area contributed by atoms with Crippen LogP contribution in [0.5, 0.6) is 0 Å². The van der Waals surface area contributed by atoms with E-state index in [1.54, 1.807) is 24.3 Å². The summed E-state index contributed by atoms with van der Waals surface area (Å²) in [5, 5.41) is 8.33. The van der Waals surface area contributed by atoms with E-state index in [0.717, 1.165) is 5.56 Å². The summed E-state index contributed by atoms with van der Waals surface area (Å²) in [6.07, 6.45) is 0.212. The van der Waals surface area contributed by atoms with E-state index in [-0.39, 0.29) is 30.1 Å². The van der Waals surface area contributed by atoms with Gasteiger partial charge in [0.1, 0.15) is 6.04 Å². The minimum Gasteiger partial charge on any atom is -0.352 e. The minimum absolute atomic E-state index is 0.0914. The summed E-state index contributed by atoms with van der Waals surface area (Å²) in [7, 11) is 0. The maximum atomic E-state index is 12.7. The lowest BCUT2D eigenvalue weighted by Gasteiger charge is -2.22. The number of anilines is 1. The highest BCUT2D eigenvalue weighted by molar-refractivity contribution is 5.99. The summed E-state index contributed by atoms with van der Waals surface area (Å²) < 4.78 is 0. The van der Waals surface area contributed by atoms with Crippen molar-refractivity contribution in [3.05, 3.63) is 65.7 Å². The highest BCUT2D eigenvalue weighted by Crippen LogP contribution is 2.13. The van der Waals surface area contributed by atoms with Crippen molar-refractivity contribution in [1.29, 1.82) is 0 Å². The highest BCUT2D eigenvalue weighted by atomic mass is 16.2. The van der Waals surface area contributed by atoms with Gasteiger partial charge in [-0.2, -0.15) is 0 Å². The number of rotatable bonds is 8. The molecule has 0 aliphatic heterocycles. The molecule has 1 unspecified atom stereocenters. The van der Waals surface area contributed by atoms with E-state index in [1.807, 2.05) is 51.1 Å². The van der Waals surface area contributed by atoms with Crippen LogP contribution < -0.4 is 16.0 Å². The molecule has 0 fully saturated rings. The number of hydrogen-bond donors (Lipinski definition) is 3. The van der Waals surface area contributed by atoms with Gasteiger partial charge in [0.2, 0.25) is 11.8 Å². The topological polar surface area (TPSA) is 87.3 Å². The van der Waals surface area contributed by atoms with Crippen LogP contribution in [-0.2, 0) is 16.0 Å². The van der Waals surface area contributed by atoms with Crippen LogP contribution in [0.4, 0.5) is 5.69 Å². The van der Waals surface area contributed by atoms with E-state index in [2.05, 4.69) is 16.0 Å². The Morgan fingerprint density at radius 2 is 1.68 bits per heavy atom. The first-order chi connectivity index (χ1) is 13.4. The Hall–Kier alpha value is -3.15. The minimum atomic E-state index is -0.677. The summed E-state index contributed by atoms with van der Waals surface area (Å²) in [5.74, 6) is -0.818. The molecule has 0 heterocycles. The van der Waals surface area contributed by atoms with Gasteiger partial charge in [0.05, 0.1) is 6.42 Å². The monoisotopic (exact) mass is 381 g/mol. The van der Waals surface area contributed by atoms with Crippen LogP contribution in [0.1, 0.15) is 36.7 Å². The molecule has 0 radical (unpaired) electrons. The molecule has 2 aromatic rings. The van der Waals surface area contributed by atoms with Crippen molar-refractivity contribution < 1.29 is 14.4 Å². The summed E-state index contributed by atoms with van der Waals surface area (Å²) in [5.41, 5.74) is 1.86. The number of carbonyl (C=O) groups excluding carboxylic acids is 3. The van der Waals surface area contributed by atoms with Gasteiger partial charge in [-0.3, -0.25) is 14.4 Å². The molecule has 2 aromatic carbocycles. The van der Waals surface area contributed by atoms with Crippen molar-refractivity contribution in [2.45, 2.75) is 33.2 Å². The Morgan fingerprint density at radius 3 is 2.32 bits per heavy atom. The molecule has 6 heteroatoms. The number of hydrogen-bond acceptors (Lipinski definition) is 3. The number of amides is 3. The molecule has 148 valence electrons. The van der Waals surface area contributed by atoms with Crippen LogP contribution in [0.2, 0.25) is 0 Å². The second-order valence-electron chi connectivity index (χ2n) is 6.88. The molecule has 0 spiro atoms. The smallest absolute Gasteiger partial charge is 0.251 e. The zero-order valence-corrected chi connectivity index (χ0v) is 16.5. The molecule has 2 rings (SSSR count). The van der Waals surface area contributed by atoms with Crippen molar-refractivity contribution in [2.75, 3.05) is 11.9 Å². The van der Waals surface area contributed by atoms with E-state index < -0.39 is 6.04 Å². The summed E-state index contributed by atoms with van der Waals surface area (Å²) in [6, 6.07) is 15.4. The Balaban J connectivity index is 2.03. The van der Waals surface area contributed by atoms with Crippen LogP contribution in [0.25, 0.3) is 0 Å². The predicted octanol–water partition coefficient (Wildman–Crippen LogP) is 2.76. The lowest BCUT2D eigenvalue weighted by molar-refractivity contribution is -0.127. The molecule has 0 saturated heterocycles. The molecule has 0 aliphatic carbocycles. The van der Waals surface area contributed by atoms with Crippen LogP contribution in [0, 0.1) is 5.92 Å². The Bertz CT molecular complexity index is 819. The molecule has 6 nitrogen and oxygen atoms in total. The van der Waals surface area contributed by atoms with Gasteiger partial charge >= 0.3 is 0 Å². The molecule has 1 atom stereocenters. The normalized spacial score (nSPS) is 11.6. The maximum Gasteiger partial charge on any atom is 0.251 e. The average molecular weight is 381 g/mol. The molecule has 0 aliphatic rings. The fraction of sp³-hybridized carbons (Fsp3) is 0.318. The average Bonchev–Trinajstić information content (AvgIpc) is 2.67. The Kier molecular flexibility index (Phi) is 7.75. The molecule has 3 amide bonds. The first-order valence-electron chi connectivity index (χ1n) is 9.43. The lowest BCUT2D eigenvalue weighted by atomic mass is 10.0. The van der Waals surface area contributed by atoms with Crippen molar-refractivity contribution >= 4 is 23.4 Å². The quantitative estimate of drug-likeness (QED) is 0.657. The molecular weight excluding hydrogens is 354 g/mol. The van der Waals surface area contributed by atoms with Crippen LogP contribution in [-0.4, -0.2) is 30.3 Å². The van der Waals surface area contributed by atoms with E-state index in [1.165, 1.54) is 0 Å². The molecule has 28 heavy (non-hydrogen) atoms. The van der Waals surface area contributed by atoms with Gasteiger partial charge < -0.3 is 16.0 Å². The summed E-state index contributed by atoms with van der Waals surface area (Å²) in [4.78, 5) is 37.0. The van der Waals surface area contributed by atoms with Crippen LogP contribution in [0.3, 0.4) is 0 Å². The number of carbonyl (C=O) groups is 3. The van der Waals surface area contributed by atoms with Gasteiger partial charge in [0, 0.05) is 17.8 Å². The largest absolute Gasteiger partial charge is 0.352 e. The van der Waals surface area contributed by atoms with Crippen LogP contribution in [0.15, 0.2) is 54.6 Å². The summed E-state index contributed by atoms with van der Waals surface area (Å²) >= 11 is 0. The fourth-order valence-electron chi connectivity index (χ4n) is 2.76. The van der Waals surface area contributed by atoms with Crippen molar-refractivity contribution in [3.8, 4) is 0 Å². The third-order valence-electron chi connectivity index (χ3n) is 4.20. The highest BCUT2D eigenvalue weighted by Gasteiger charge is 2.24. The van der Waals surface area contributed by atoms with Gasteiger partial charge in [0.15, 0.2) is 0 Å². The molecule has 0 aromatic heterocycles. The zero-order valence-electron chi connectivity index (χ0n) is 16.5. The third kappa shape index (κ3) is 6.23. The van der Waals surface area contributed by atoms with E-state index in [4.69, 9.17) is 0 Å². The Morgan fingerprint density at radius 1 is 0.964 bits per heavy atom. The van der Waals surface area contributed by atoms with Gasteiger partial charge in [-0.1, -0.05) is 50.2 Å². The number of benzene rings is 2. The van der Waals surface area contributed by atoms with E-state index in [9.17, 15) is 14.4 Å². The zero-order chi connectivity index (χ0) is 20.5. The predicted molar refractivity (Wildman–Crippen MR) is 110 cm³/mol. The molecule has 0 bridgehead atoms. The number of nitrogens with one attached hydrogen (secondary N) is 3. The third-order valence-corrected chi connectivity index (χ3v) is 4.20. The van der Waals surface area contributed by atoms with E-state index >= 15 is 0 Å². The van der Waals surface area contributed by atoms with Gasteiger partial charge in [-0.05, 0) is 36.6 Å². The summed E-state index contributed by atoms with van der Waals surface area (Å²) in [6.45, 7) is 6.11. The first kappa shape index (κ1) is 21.2. The standard InChI is InChI=1S/C22H27N3O3/c1-4-23-21(27)17-11-8-12-18(14-17)24-22(28)20(15(2)3)25-19(26)13-16-9-6-5-7-10-16/h5-12,14-15,20H,4,13H2,1-3H3,(H,23,27)(H,24,28)(H,25,26). The first-order valence-corrected chi connectivity index (χ1v) is 9.43. The van der Waals surface area contributed by atoms with Crippen LogP contribution >= 0.6 is 0 Å². The Labute approximate surface area is 165 Å². The molecule has 0 saturated carbocycles. The van der Waals surface area contributed by atoms with Gasteiger partial charge in [0.25, 0.3) is 5.91 Å². The van der Waals surface area contributed by atoms with Gasteiger partial charge in [-0.25, -0.2) is 0 Å². The SMILES string of the molecule is CCNC(=O)c1cccc(NC(=O)C(NC(=O)Cc2ccccc2)C(C)C)c1.